The largest absolute Gasteiger partial charge is 0.315 e. The van der Waals surface area contributed by atoms with Crippen molar-refractivity contribution in [3.05, 3.63) is 72.1 Å². The Labute approximate surface area is 187 Å². The fraction of sp³-hybridized carbons (Fsp3) is 0.280. The minimum Gasteiger partial charge on any atom is -0.315 e. The van der Waals surface area contributed by atoms with Gasteiger partial charge in [0, 0.05) is 36.3 Å². The molecule has 162 valence electrons. The summed E-state index contributed by atoms with van der Waals surface area (Å²) in [7, 11) is 1.84. The number of anilines is 1. The number of fused-ring (bicyclic) bond motifs is 1. The number of piperidine rings is 1. The maximum atomic E-state index is 13.9. The van der Waals surface area contributed by atoms with Crippen molar-refractivity contribution in [2.45, 2.75) is 25.8 Å². The lowest BCUT2D eigenvalue weighted by Gasteiger charge is -2.35. The van der Waals surface area contributed by atoms with Crippen LogP contribution in [0, 0.1) is 6.92 Å². The van der Waals surface area contributed by atoms with Crippen LogP contribution in [0.5, 0.6) is 0 Å². The highest BCUT2D eigenvalue weighted by molar-refractivity contribution is 6.10. The van der Waals surface area contributed by atoms with Crippen LogP contribution < -0.4 is 10.2 Å². The van der Waals surface area contributed by atoms with Crippen LogP contribution in [0.1, 0.15) is 28.8 Å². The molecule has 0 saturated carbocycles. The summed E-state index contributed by atoms with van der Waals surface area (Å²) in [5, 5.41) is 13.7. The van der Waals surface area contributed by atoms with Gasteiger partial charge in [-0.25, -0.2) is 4.98 Å². The van der Waals surface area contributed by atoms with E-state index in [-0.39, 0.29) is 11.9 Å². The predicted octanol–water partition coefficient (Wildman–Crippen LogP) is 3.74. The Morgan fingerprint density at radius 2 is 2.00 bits per heavy atom. The first-order chi connectivity index (χ1) is 15.6. The van der Waals surface area contributed by atoms with E-state index >= 15 is 0 Å². The third-order valence-corrected chi connectivity index (χ3v) is 6.09. The highest BCUT2D eigenvalue weighted by atomic mass is 16.2. The molecule has 1 atom stereocenters. The number of carbonyl (C=O) groups excluding carboxylic acids is 1. The molecule has 5 rings (SSSR count). The molecule has 32 heavy (non-hydrogen) atoms. The van der Waals surface area contributed by atoms with Crippen LogP contribution >= 0.6 is 0 Å². The minimum absolute atomic E-state index is 0.0346. The smallest absolute Gasteiger partial charge is 0.259 e. The van der Waals surface area contributed by atoms with Gasteiger partial charge in [-0.15, -0.1) is 5.10 Å². The Balaban J connectivity index is 1.57. The van der Waals surface area contributed by atoms with Crippen molar-refractivity contribution in [1.29, 1.82) is 0 Å². The summed E-state index contributed by atoms with van der Waals surface area (Å²) < 4.78 is 1.67. The normalized spacial score (nSPS) is 16.2. The van der Waals surface area contributed by atoms with E-state index in [0.29, 0.717) is 5.56 Å². The molecular weight excluding hydrogens is 400 g/mol. The third kappa shape index (κ3) is 3.76. The highest BCUT2D eigenvalue weighted by Crippen LogP contribution is 2.31. The zero-order valence-corrected chi connectivity index (χ0v) is 18.3. The Morgan fingerprint density at radius 3 is 2.72 bits per heavy atom. The number of hydrogen-bond acceptors (Lipinski definition) is 5. The lowest BCUT2D eigenvalue weighted by Crippen LogP contribution is -2.49. The van der Waals surface area contributed by atoms with E-state index in [1.54, 1.807) is 10.9 Å². The molecule has 0 spiro atoms. The number of aromatic nitrogens is 4. The molecule has 1 saturated heterocycles. The molecule has 1 fully saturated rings. The predicted molar refractivity (Wildman–Crippen MR) is 126 cm³/mol. The van der Waals surface area contributed by atoms with Crippen LogP contribution in [0.4, 0.5) is 5.82 Å². The molecule has 3 heterocycles. The Morgan fingerprint density at radius 1 is 1.16 bits per heavy atom. The molecule has 7 nitrogen and oxygen atoms in total. The van der Waals surface area contributed by atoms with Crippen molar-refractivity contribution in [2.75, 3.05) is 18.0 Å². The van der Waals surface area contributed by atoms with Crippen molar-refractivity contribution in [1.82, 2.24) is 25.3 Å². The van der Waals surface area contributed by atoms with Crippen molar-refractivity contribution in [3.63, 3.8) is 0 Å². The Kier molecular flexibility index (Phi) is 5.41. The average Bonchev–Trinajstić information content (AvgIpc) is 3.26. The van der Waals surface area contributed by atoms with E-state index in [4.69, 9.17) is 4.98 Å². The number of pyridine rings is 1. The summed E-state index contributed by atoms with van der Waals surface area (Å²) in [5.41, 5.74) is 3.46. The average molecular weight is 427 g/mol. The van der Waals surface area contributed by atoms with Gasteiger partial charge in [-0.05, 0) is 55.5 Å². The number of carbonyl (C=O) groups is 1. The lowest BCUT2D eigenvalue weighted by atomic mass is 10.0. The molecule has 0 unspecified atom stereocenters. The van der Waals surface area contributed by atoms with Gasteiger partial charge in [0.25, 0.3) is 5.91 Å². The van der Waals surface area contributed by atoms with Crippen molar-refractivity contribution < 1.29 is 4.79 Å². The summed E-state index contributed by atoms with van der Waals surface area (Å²) in [4.78, 5) is 20.5. The fourth-order valence-electron chi connectivity index (χ4n) is 4.46. The van der Waals surface area contributed by atoms with Gasteiger partial charge in [0.1, 0.15) is 11.5 Å². The van der Waals surface area contributed by atoms with E-state index in [2.05, 4.69) is 34.7 Å². The fourth-order valence-corrected chi connectivity index (χ4v) is 4.46. The lowest BCUT2D eigenvalue weighted by molar-refractivity contribution is 0.0972. The van der Waals surface area contributed by atoms with Crippen LogP contribution in [0.15, 0.2) is 60.9 Å². The Hall–Kier alpha value is -3.58. The second-order valence-corrected chi connectivity index (χ2v) is 8.34. The van der Waals surface area contributed by atoms with Crippen LogP contribution in [0.25, 0.3) is 22.0 Å². The molecule has 2 aromatic heterocycles. The summed E-state index contributed by atoms with van der Waals surface area (Å²) in [6.07, 6.45) is 5.63. The van der Waals surface area contributed by atoms with E-state index in [1.165, 1.54) is 0 Å². The molecular formula is C25H26N6O. The van der Waals surface area contributed by atoms with Crippen LogP contribution in [0.2, 0.25) is 0 Å². The monoisotopic (exact) mass is 426 g/mol. The zero-order valence-electron chi connectivity index (χ0n) is 18.3. The van der Waals surface area contributed by atoms with Gasteiger partial charge in [-0.3, -0.25) is 14.4 Å². The van der Waals surface area contributed by atoms with Gasteiger partial charge < -0.3 is 5.32 Å². The first kappa shape index (κ1) is 20.3. The van der Waals surface area contributed by atoms with Gasteiger partial charge in [-0.2, -0.15) is 0 Å². The summed E-state index contributed by atoms with van der Waals surface area (Å²) in [5.74, 6) is 0.699. The summed E-state index contributed by atoms with van der Waals surface area (Å²) in [6.45, 7) is 3.81. The highest BCUT2D eigenvalue weighted by Gasteiger charge is 2.30. The molecule has 0 radical (unpaired) electrons. The standard InChI is InChI=1S/C25H26N6O/c1-17-5-3-6-19-12-14-27-24(23(17)19)31(21-7-4-13-26-15-21)25(32)20-10-8-18(9-11-20)22-16-30(2)29-28-22/h3,5-6,8-12,14,16,21,26H,4,7,13,15H2,1-2H3/t21-/m1/s1. The van der Waals surface area contributed by atoms with Crippen molar-refractivity contribution in [2.24, 2.45) is 7.05 Å². The van der Waals surface area contributed by atoms with Gasteiger partial charge in [0.15, 0.2) is 0 Å². The molecule has 2 aromatic carbocycles. The van der Waals surface area contributed by atoms with Gasteiger partial charge in [0.05, 0.1) is 12.2 Å². The van der Waals surface area contributed by atoms with Crippen molar-refractivity contribution >= 4 is 22.5 Å². The Bertz CT molecular complexity index is 1250. The third-order valence-electron chi connectivity index (χ3n) is 6.09. The van der Waals surface area contributed by atoms with E-state index in [1.807, 2.05) is 54.5 Å². The van der Waals surface area contributed by atoms with E-state index in [9.17, 15) is 4.79 Å². The number of rotatable bonds is 4. The first-order valence-corrected chi connectivity index (χ1v) is 11.0. The zero-order chi connectivity index (χ0) is 22.1. The molecule has 1 amide bonds. The van der Waals surface area contributed by atoms with Gasteiger partial charge >= 0.3 is 0 Å². The second kappa shape index (κ2) is 8.51. The van der Waals surface area contributed by atoms with E-state index < -0.39 is 0 Å². The van der Waals surface area contributed by atoms with Gasteiger partial charge in [-0.1, -0.05) is 35.5 Å². The van der Waals surface area contributed by atoms with Crippen molar-refractivity contribution in [3.8, 4) is 11.3 Å². The number of aryl methyl sites for hydroxylation is 2. The molecule has 0 bridgehead atoms. The summed E-state index contributed by atoms with van der Waals surface area (Å²) in [6, 6.07) is 15.8. The van der Waals surface area contributed by atoms with Crippen LogP contribution in [-0.4, -0.2) is 45.0 Å². The van der Waals surface area contributed by atoms with Gasteiger partial charge in [0.2, 0.25) is 0 Å². The molecule has 1 aliphatic rings. The first-order valence-electron chi connectivity index (χ1n) is 11.0. The summed E-state index contributed by atoms with van der Waals surface area (Å²) >= 11 is 0. The molecule has 0 aliphatic carbocycles. The van der Waals surface area contributed by atoms with Crippen LogP contribution in [-0.2, 0) is 7.05 Å². The molecule has 7 heteroatoms. The topological polar surface area (TPSA) is 75.9 Å². The minimum atomic E-state index is -0.0346. The van der Waals surface area contributed by atoms with E-state index in [0.717, 1.165) is 59.3 Å². The maximum absolute atomic E-state index is 13.9. The number of nitrogens with zero attached hydrogens (tertiary/aromatic N) is 5. The molecule has 1 N–H and O–H groups in total. The SMILES string of the molecule is Cc1cccc2ccnc(N(C(=O)c3ccc(-c4cn(C)nn4)cc3)[C@@H]3CCCNC3)c12. The maximum Gasteiger partial charge on any atom is 0.259 e. The molecule has 1 aliphatic heterocycles. The number of amides is 1. The van der Waals surface area contributed by atoms with Crippen LogP contribution in [0.3, 0.4) is 0 Å². The second-order valence-electron chi connectivity index (χ2n) is 8.34. The number of hydrogen-bond donors (Lipinski definition) is 1. The number of benzene rings is 2. The number of nitrogens with one attached hydrogen (secondary N) is 1. The quantitative estimate of drug-likeness (QED) is 0.538. The molecule has 4 aromatic rings.